The maximum atomic E-state index is 6.24. The number of fused-ring (bicyclic) bond motifs is 1. The first-order valence-corrected chi connectivity index (χ1v) is 15.5. The summed E-state index contributed by atoms with van der Waals surface area (Å²) in [5.74, 6) is 2.32. The van der Waals surface area contributed by atoms with Crippen molar-refractivity contribution in [3.05, 3.63) is 95.1 Å². The number of benzene rings is 3. The molecule has 0 bridgehead atoms. The number of ether oxygens (including phenoxy) is 3. The summed E-state index contributed by atoms with van der Waals surface area (Å²) in [6.45, 7) is 8.61. The first kappa shape index (κ1) is 28.3. The van der Waals surface area contributed by atoms with Crippen LogP contribution in [0.1, 0.15) is 87.0 Å². The zero-order valence-electron chi connectivity index (χ0n) is 25.6. The molecule has 2 fully saturated rings. The molecule has 6 rings (SSSR count). The molecule has 1 aliphatic heterocycles. The van der Waals surface area contributed by atoms with Crippen LogP contribution in [0.4, 0.5) is 5.69 Å². The van der Waals surface area contributed by atoms with E-state index in [4.69, 9.17) is 14.2 Å². The maximum absolute atomic E-state index is 6.24. The van der Waals surface area contributed by atoms with Gasteiger partial charge in [0.25, 0.3) is 0 Å². The van der Waals surface area contributed by atoms with Gasteiger partial charge in [-0.15, -0.1) is 0 Å². The molecule has 4 nitrogen and oxygen atoms in total. The largest absolute Gasteiger partial charge is 0.488 e. The molecular formula is C37H47NO3. The van der Waals surface area contributed by atoms with Crippen molar-refractivity contribution in [1.29, 1.82) is 0 Å². The summed E-state index contributed by atoms with van der Waals surface area (Å²) in [4.78, 5) is 2.59. The predicted molar refractivity (Wildman–Crippen MR) is 167 cm³/mol. The third kappa shape index (κ3) is 5.92. The van der Waals surface area contributed by atoms with Crippen molar-refractivity contribution in [2.75, 3.05) is 32.2 Å². The molecule has 0 radical (unpaired) electrons. The zero-order valence-corrected chi connectivity index (χ0v) is 25.6. The van der Waals surface area contributed by atoms with Crippen molar-refractivity contribution >= 4 is 5.69 Å². The van der Waals surface area contributed by atoms with Crippen LogP contribution in [0.15, 0.2) is 72.8 Å². The molecule has 0 aromatic heterocycles. The lowest BCUT2D eigenvalue weighted by Gasteiger charge is -2.54. The van der Waals surface area contributed by atoms with Gasteiger partial charge < -0.3 is 19.1 Å². The minimum Gasteiger partial charge on any atom is -0.488 e. The molecule has 2 unspecified atom stereocenters. The van der Waals surface area contributed by atoms with Gasteiger partial charge in [0.1, 0.15) is 11.4 Å². The minimum atomic E-state index is -0.199. The quantitative estimate of drug-likeness (QED) is 0.275. The molecular weight excluding hydrogens is 506 g/mol. The molecule has 2 atom stereocenters. The molecule has 3 aromatic carbocycles. The van der Waals surface area contributed by atoms with Crippen LogP contribution in [0.2, 0.25) is 0 Å². The van der Waals surface area contributed by atoms with Crippen LogP contribution >= 0.6 is 0 Å². The van der Waals surface area contributed by atoms with Crippen molar-refractivity contribution in [2.24, 2.45) is 11.3 Å². The minimum absolute atomic E-state index is 0.0477. The summed E-state index contributed by atoms with van der Waals surface area (Å²) < 4.78 is 17.3. The van der Waals surface area contributed by atoms with E-state index in [0.29, 0.717) is 23.2 Å². The van der Waals surface area contributed by atoms with Crippen molar-refractivity contribution < 1.29 is 14.2 Å². The highest BCUT2D eigenvalue weighted by Gasteiger charge is 2.48. The summed E-state index contributed by atoms with van der Waals surface area (Å²) in [7, 11) is 3.52. The molecule has 0 N–H and O–H groups in total. The van der Waals surface area contributed by atoms with Crippen LogP contribution in [-0.2, 0) is 15.9 Å². The van der Waals surface area contributed by atoms with Gasteiger partial charge in [-0.25, -0.2) is 0 Å². The van der Waals surface area contributed by atoms with E-state index in [1.807, 2.05) is 0 Å². The molecule has 1 saturated carbocycles. The van der Waals surface area contributed by atoms with E-state index in [1.54, 1.807) is 14.2 Å². The van der Waals surface area contributed by atoms with Gasteiger partial charge in [-0.2, -0.15) is 0 Å². The number of anilines is 1. The molecule has 3 aliphatic rings. The second-order valence-electron chi connectivity index (χ2n) is 13.7. The normalized spacial score (nSPS) is 22.4. The number of piperidine rings is 1. The van der Waals surface area contributed by atoms with Crippen LogP contribution in [0, 0.1) is 11.3 Å². The van der Waals surface area contributed by atoms with E-state index < -0.39 is 0 Å². The summed E-state index contributed by atoms with van der Waals surface area (Å²) in [6.07, 6.45) is 7.16. The first-order chi connectivity index (χ1) is 19.8. The highest BCUT2D eigenvalue weighted by molar-refractivity contribution is 5.53. The summed E-state index contributed by atoms with van der Waals surface area (Å²) in [5, 5.41) is 0. The van der Waals surface area contributed by atoms with Crippen molar-refractivity contribution in [2.45, 2.75) is 83.0 Å². The fourth-order valence-electron chi connectivity index (χ4n) is 7.95. The highest BCUT2D eigenvalue weighted by atomic mass is 16.7. The van der Waals surface area contributed by atoms with Gasteiger partial charge in [0.05, 0.1) is 0 Å². The monoisotopic (exact) mass is 553 g/mol. The Labute approximate surface area is 247 Å². The summed E-state index contributed by atoms with van der Waals surface area (Å²) in [5.41, 5.74) is 7.37. The SMILES string of the molecule is COC(OC)C1CC2(CCN(c3ccc(C4c5ccc(OC(C)(C)C)cc5CCC4c4ccccc4)cc3)CC2)C1. The van der Waals surface area contributed by atoms with Gasteiger partial charge in [-0.3, -0.25) is 0 Å². The number of aryl methyl sites for hydroxylation is 1. The Morgan fingerprint density at radius 2 is 1.51 bits per heavy atom. The van der Waals surface area contributed by atoms with Crippen molar-refractivity contribution in [1.82, 2.24) is 0 Å². The van der Waals surface area contributed by atoms with Gasteiger partial charge >= 0.3 is 0 Å². The standard InChI is InChI=1S/C37H47NO3/c1-36(2,3)41-31-16-18-33-28(23-31)13-17-32(26-9-7-6-8-10-26)34(33)27-11-14-30(15-12-27)38-21-19-37(20-22-38)24-29(25-37)35(39-4)40-5/h6-12,14-16,18,23,29,32,34-35H,13,17,19-22,24-25H2,1-5H3. The van der Waals surface area contributed by atoms with E-state index in [9.17, 15) is 0 Å². The highest BCUT2D eigenvalue weighted by Crippen LogP contribution is 2.54. The van der Waals surface area contributed by atoms with Gasteiger partial charge in [0, 0.05) is 44.8 Å². The summed E-state index contributed by atoms with van der Waals surface area (Å²) >= 11 is 0. The summed E-state index contributed by atoms with van der Waals surface area (Å²) in [6, 6.07) is 27.5. The third-order valence-corrected chi connectivity index (χ3v) is 9.91. The lowest BCUT2D eigenvalue weighted by atomic mass is 9.57. The van der Waals surface area contributed by atoms with E-state index in [1.165, 1.54) is 53.6 Å². The maximum Gasteiger partial charge on any atom is 0.159 e. The molecule has 41 heavy (non-hydrogen) atoms. The average Bonchev–Trinajstić information content (AvgIpc) is 2.96. The lowest BCUT2D eigenvalue weighted by molar-refractivity contribution is -0.184. The van der Waals surface area contributed by atoms with Crippen LogP contribution in [0.5, 0.6) is 5.75 Å². The Bertz CT molecular complexity index is 1290. The van der Waals surface area contributed by atoms with Gasteiger partial charge in [-0.05, 0) is 117 Å². The fraction of sp³-hybridized carbons (Fsp3) is 0.514. The molecule has 1 heterocycles. The Hall–Kier alpha value is -2.82. The van der Waals surface area contributed by atoms with Crippen LogP contribution in [-0.4, -0.2) is 39.2 Å². The third-order valence-electron chi connectivity index (χ3n) is 9.91. The smallest absolute Gasteiger partial charge is 0.159 e. The van der Waals surface area contributed by atoms with Crippen molar-refractivity contribution in [3.8, 4) is 5.75 Å². The zero-order chi connectivity index (χ0) is 28.6. The molecule has 2 aliphatic carbocycles. The Morgan fingerprint density at radius 1 is 0.829 bits per heavy atom. The average molecular weight is 554 g/mol. The lowest BCUT2D eigenvalue weighted by Crippen LogP contribution is -2.50. The topological polar surface area (TPSA) is 30.9 Å². The van der Waals surface area contributed by atoms with Crippen LogP contribution < -0.4 is 9.64 Å². The molecule has 1 spiro atoms. The number of hydrogen-bond donors (Lipinski definition) is 0. The number of rotatable bonds is 7. The number of methoxy groups -OCH3 is 2. The number of nitrogens with zero attached hydrogens (tertiary/aromatic N) is 1. The van der Waals surface area contributed by atoms with E-state index >= 15 is 0 Å². The van der Waals surface area contributed by atoms with Crippen LogP contribution in [0.25, 0.3) is 0 Å². The molecule has 4 heteroatoms. The molecule has 1 saturated heterocycles. The van der Waals surface area contributed by atoms with E-state index in [0.717, 1.165) is 31.7 Å². The Balaban J connectivity index is 1.20. The second-order valence-corrected chi connectivity index (χ2v) is 13.7. The Kier molecular flexibility index (Phi) is 7.91. The van der Waals surface area contributed by atoms with E-state index in [2.05, 4.69) is 98.5 Å². The van der Waals surface area contributed by atoms with Gasteiger partial charge in [-0.1, -0.05) is 48.5 Å². The molecule has 0 amide bonds. The second kappa shape index (κ2) is 11.5. The predicted octanol–water partition coefficient (Wildman–Crippen LogP) is 8.34. The van der Waals surface area contributed by atoms with Crippen LogP contribution in [0.3, 0.4) is 0 Å². The first-order valence-electron chi connectivity index (χ1n) is 15.5. The molecule has 218 valence electrons. The molecule has 3 aromatic rings. The van der Waals surface area contributed by atoms with Crippen molar-refractivity contribution in [3.63, 3.8) is 0 Å². The van der Waals surface area contributed by atoms with Gasteiger partial charge in [0.15, 0.2) is 6.29 Å². The van der Waals surface area contributed by atoms with Gasteiger partial charge in [0.2, 0.25) is 0 Å². The Morgan fingerprint density at radius 3 is 2.15 bits per heavy atom. The van der Waals surface area contributed by atoms with E-state index in [-0.39, 0.29) is 11.9 Å². The fourth-order valence-corrected chi connectivity index (χ4v) is 7.95. The number of hydrogen-bond acceptors (Lipinski definition) is 4.